The first-order chi connectivity index (χ1) is 10.6. The molecule has 1 N–H and O–H groups in total. The first kappa shape index (κ1) is 13.5. The topological polar surface area (TPSA) is 66.8 Å². The number of piperidine rings is 1. The Bertz CT molecular complexity index is 716. The SMILES string of the molecule is Cc1cc(C)n(Cc2cc(C(=O)N3C[C@H]4CC[C@H]3C4)n[nH]2)n1. The van der Waals surface area contributed by atoms with Crippen molar-refractivity contribution in [3.8, 4) is 0 Å². The van der Waals surface area contributed by atoms with Crippen molar-refractivity contribution >= 4 is 5.91 Å². The van der Waals surface area contributed by atoms with Gasteiger partial charge in [-0.1, -0.05) is 0 Å². The van der Waals surface area contributed by atoms with Gasteiger partial charge in [-0.3, -0.25) is 14.6 Å². The average Bonchev–Trinajstić information content (AvgIpc) is 3.24. The van der Waals surface area contributed by atoms with E-state index in [-0.39, 0.29) is 5.91 Å². The summed E-state index contributed by atoms with van der Waals surface area (Å²) >= 11 is 0. The number of aromatic amines is 1. The second-order valence-electron chi connectivity index (χ2n) is 6.65. The summed E-state index contributed by atoms with van der Waals surface area (Å²) in [6.07, 6.45) is 3.60. The Labute approximate surface area is 129 Å². The molecule has 1 saturated carbocycles. The van der Waals surface area contributed by atoms with Crippen LogP contribution in [0.1, 0.15) is 46.8 Å². The first-order valence-electron chi connectivity index (χ1n) is 7.96. The van der Waals surface area contributed by atoms with E-state index >= 15 is 0 Å². The zero-order valence-corrected chi connectivity index (χ0v) is 13.0. The van der Waals surface area contributed by atoms with Crippen LogP contribution in [0.2, 0.25) is 0 Å². The van der Waals surface area contributed by atoms with Crippen molar-refractivity contribution < 1.29 is 4.79 Å². The molecule has 0 aromatic carbocycles. The number of carbonyl (C=O) groups excluding carboxylic acids is 1. The molecule has 1 amide bonds. The summed E-state index contributed by atoms with van der Waals surface area (Å²) in [5, 5.41) is 11.6. The van der Waals surface area contributed by atoms with E-state index in [2.05, 4.69) is 15.3 Å². The Morgan fingerprint density at radius 3 is 2.86 bits per heavy atom. The van der Waals surface area contributed by atoms with E-state index in [9.17, 15) is 4.79 Å². The summed E-state index contributed by atoms with van der Waals surface area (Å²) in [5.74, 6) is 0.783. The number of aryl methyl sites for hydroxylation is 2. The largest absolute Gasteiger partial charge is 0.334 e. The number of rotatable bonds is 3. The molecule has 2 atom stereocenters. The number of fused-ring (bicyclic) bond motifs is 2. The number of amides is 1. The van der Waals surface area contributed by atoms with Crippen LogP contribution < -0.4 is 0 Å². The number of nitrogens with zero attached hydrogens (tertiary/aromatic N) is 4. The van der Waals surface area contributed by atoms with E-state index in [4.69, 9.17) is 0 Å². The van der Waals surface area contributed by atoms with Crippen LogP contribution in [0.15, 0.2) is 12.1 Å². The van der Waals surface area contributed by atoms with Crippen LogP contribution >= 0.6 is 0 Å². The molecule has 1 aliphatic heterocycles. The van der Waals surface area contributed by atoms with E-state index in [1.165, 1.54) is 12.8 Å². The maximum atomic E-state index is 12.6. The quantitative estimate of drug-likeness (QED) is 0.941. The maximum Gasteiger partial charge on any atom is 0.274 e. The number of likely N-dealkylation sites (tertiary alicyclic amines) is 1. The van der Waals surface area contributed by atoms with Crippen molar-refractivity contribution in [1.29, 1.82) is 0 Å². The second-order valence-corrected chi connectivity index (χ2v) is 6.65. The Morgan fingerprint density at radius 2 is 2.23 bits per heavy atom. The average molecular weight is 299 g/mol. The van der Waals surface area contributed by atoms with Gasteiger partial charge < -0.3 is 4.90 Å². The molecule has 116 valence electrons. The highest BCUT2D eigenvalue weighted by molar-refractivity contribution is 5.92. The molecule has 1 saturated heterocycles. The molecule has 0 unspecified atom stereocenters. The lowest BCUT2D eigenvalue weighted by molar-refractivity contribution is 0.0697. The van der Waals surface area contributed by atoms with Gasteiger partial charge in [0.15, 0.2) is 0 Å². The van der Waals surface area contributed by atoms with Gasteiger partial charge in [0.25, 0.3) is 5.91 Å². The first-order valence-corrected chi connectivity index (χ1v) is 7.96. The van der Waals surface area contributed by atoms with Gasteiger partial charge in [0.1, 0.15) is 5.69 Å². The zero-order chi connectivity index (χ0) is 15.3. The van der Waals surface area contributed by atoms with Gasteiger partial charge in [0, 0.05) is 18.3 Å². The molecule has 4 rings (SSSR count). The highest BCUT2D eigenvalue weighted by atomic mass is 16.2. The van der Waals surface area contributed by atoms with E-state index in [1.54, 1.807) is 0 Å². The number of nitrogens with one attached hydrogen (secondary N) is 1. The molecule has 0 radical (unpaired) electrons. The van der Waals surface area contributed by atoms with Gasteiger partial charge in [-0.25, -0.2) is 0 Å². The summed E-state index contributed by atoms with van der Waals surface area (Å²) in [4.78, 5) is 14.6. The Morgan fingerprint density at radius 1 is 1.36 bits per heavy atom. The number of hydrogen-bond acceptors (Lipinski definition) is 3. The van der Waals surface area contributed by atoms with E-state index in [0.29, 0.717) is 24.2 Å². The molecule has 2 aromatic rings. The van der Waals surface area contributed by atoms with Crippen LogP contribution in [-0.4, -0.2) is 43.4 Å². The van der Waals surface area contributed by atoms with Gasteiger partial charge in [0.05, 0.1) is 17.9 Å². The summed E-state index contributed by atoms with van der Waals surface area (Å²) < 4.78 is 1.93. The van der Waals surface area contributed by atoms with Gasteiger partial charge >= 0.3 is 0 Å². The standard InChI is InChI=1S/C16H21N5O/c1-10-5-11(2)21(19-10)9-13-7-15(18-17-13)16(22)20-8-12-3-4-14(20)6-12/h5,7,12,14H,3-4,6,8-9H2,1-2H3,(H,17,18)/t12-,14-/m0/s1. The minimum atomic E-state index is 0.0723. The summed E-state index contributed by atoms with van der Waals surface area (Å²) in [7, 11) is 0. The molecule has 2 fully saturated rings. The van der Waals surface area contributed by atoms with Gasteiger partial charge in [0.2, 0.25) is 0 Å². The third-order valence-electron chi connectivity index (χ3n) is 4.94. The smallest absolute Gasteiger partial charge is 0.274 e. The van der Waals surface area contributed by atoms with Crippen LogP contribution in [0, 0.1) is 19.8 Å². The highest BCUT2D eigenvalue weighted by Gasteiger charge is 2.40. The minimum absolute atomic E-state index is 0.0723. The highest BCUT2D eigenvalue weighted by Crippen LogP contribution is 2.37. The van der Waals surface area contributed by atoms with Crippen LogP contribution in [0.4, 0.5) is 0 Å². The molecule has 2 aliphatic rings. The Kier molecular flexibility index (Phi) is 3.06. The fraction of sp³-hybridized carbons (Fsp3) is 0.562. The Hall–Kier alpha value is -2.11. The molecule has 2 bridgehead atoms. The van der Waals surface area contributed by atoms with Crippen molar-refractivity contribution in [2.45, 2.75) is 45.7 Å². The predicted octanol–water partition coefficient (Wildman–Crippen LogP) is 1.90. The fourth-order valence-corrected chi connectivity index (χ4v) is 3.87. The minimum Gasteiger partial charge on any atom is -0.334 e. The Balaban J connectivity index is 1.49. The summed E-state index contributed by atoms with van der Waals surface area (Å²) in [6.45, 7) is 5.53. The van der Waals surface area contributed by atoms with E-state index in [0.717, 1.165) is 30.0 Å². The van der Waals surface area contributed by atoms with Crippen molar-refractivity contribution in [3.05, 3.63) is 34.9 Å². The lowest BCUT2D eigenvalue weighted by atomic mass is 10.1. The molecule has 0 spiro atoms. The van der Waals surface area contributed by atoms with Gasteiger partial charge in [-0.2, -0.15) is 10.2 Å². The zero-order valence-electron chi connectivity index (χ0n) is 13.0. The van der Waals surface area contributed by atoms with Crippen molar-refractivity contribution in [2.75, 3.05) is 6.54 Å². The van der Waals surface area contributed by atoms with Gasteiger partial charge in [-0.15, -0.1) is 0 Å². The molecule has 22 heavy (non-hydrogen) atoms. The fourth-order valence-electron chi connectivity index (χ4n) is 3.87. The van der Waals surface area contributed by atoms with E-state index in [1.807, 2.05) is 35.6 Å². The third kappa shape index (κ3) is 2.23. The van der Waals surface area contributed by atoms with Crippen LogP contribution in [0.25, 0.3) is 0 Å². The van der Waals surface area contributed by atoms with Crippen molar-refractivity contribution in [2.24, 2.45) is 5.92 Å². The number of hydrogen-bond donors (Lipinski definition) is 1. The molecule has 3 heterocycles. The van der Waals surface area contributed by atoms with Gasteiger partial charge in [-0.05, 0) is 51.2 Å². The monoisotopic (exact) mass is 299 g/mol. The molecule has 2 aromatic heterocycles. The molecule has 1 aliphatic carbocycles. The predicted molar refractivity (Wildman–Crippen MR) is 81.6 cm³/mol. The lowest BCUT2D eigenvalue weighted by Crippen LogP contribution is -2.37. The van der Waals surface area contributed by atoms with Crippen LogP contribution in [-0.2, 0) is 6.54 Å². The number of H-pyrrole nitrogens is 1. The third-order valence-corrected chi connectivity index (χ3v) is 4.94. The van der Waals surface area contributed by atoms with E-state index < -0.39 is 0 Å². The normalized spacial score (nSPS) is 23.5. The van der Waals surface area contributed by atoms with Crippen LogP contribution in [0.3, 0.4) is 0 Å². The van der Waals surface area contributed by atoms with Crippen LogP contribution in [0.5, 0.6) is 0 Å². The lowest BCUT2D eigenvalue weighted by Gasteiger charge is -2.26. The molecular formula is C16H21N5O. The second kappa shape index (κ2) is 4.97. The number of carbonyl (C=O) groups is 1. The van der Waals surface area contributed by atoms with Crippen molar-refractivity contribution in [3.63, 3.8) is 0 Å². The molecule has 6 heteroatoms. The molecular weight excluding hydrogens is 278 g/mol. The van der Waals surface area contributed by atoms with Crippen molar-refractivity contribution in [1.82, 2.24) is 24.9 Å². The summed E-state index contributed by atoms with van der Waals surface area (Å²) in [6, 6.07) is 4.35. The maximum absolute atomic E-state index is 12.6. The number of aromatic nitrogens is 4. The summed E-state index contributed by atoms with van der Waals surface area (Å²) in [5.41, 5.74) is 3.56. The molecule has 6 nitrogen and oxygen atoms in total.